The monoisotopic (exact) mass is 326 g/mol. The number of para-hydroxylation sites is 1. The minimum Gasteiger partial charge on any atom is -0.444 e. The molecule has 1 atom stereocenters. The summed E-state index contributed by atoms with van der Waals surface area (Å²) in [6.07, 6.45) is -0.491. The number of nitriles is 1. The Balaban J connectivity index is 1.91. The van der Waals surface area contributed by atoms with Gasteiger partial charge in [-0.3, -0.25) is 5.32 Å². The molecule has 0 aliphatic heterocycles. The maximum Gasteiger partial charge on any atom is 0.411 e. The molecule has 5 heteroatoms. The molecular formula is C18H18N2O2S. The van der Waals surface area contributed by atoms with Crippen LogP contribution in [0.5, 0.6) is 0 Å². The Morgan fingerprint density at radius 2 is 1.91 bits per heavy atom. The van der Waals surface area contributed by atoms with Crippen LogP contribution in [-0.4, -0.2) is 11.8 Å². The van der Waals surface area contributed by atoms with E-state index in [4.69, 9.17) is 10.00 Å². The molecule has 0 bridgehead atoms. The lowest BCUT2D eigenvalue weighted by Gasteiger charge is -2.11. The lowest BCUT2D eigenvalue weighted by Crippen LogP contribution is -2.14. The Hall–Kier alpha value is -2.45. The van der Waals surface area contributed by atoms with Gasteiger partial charge >= 0.3 is 6.09 Å². The lowest BCUT2D eigenvalue weighted by atomic mass is 10.2. The van der Waals surface area contributed by atoms with Crippen LogP contribution in [0.4, 0.5) is 10.5 Å². The molecule has 2 aromatic rings. The van der Waals surface area contributed by atoms with Gasteiger partial charge in [-0.25, -0.2) is 4.79 Å². The number of ether oxygens (including phenoxy) is 1. The Morgan fingerprint density at radius 1 is 1.22 bits per heavy atom. The number of benzene rings is 2. The number of carbonyl (C=O) groups is 1. The smallest absolute Gasteiger partial charge is 0.411 e. The number of rotatable bonds is 6. The predicted molar refractivity (Wildman–Crippen MR) is 92.2 cm³/mol. The van der Waals surface area contributed by atoms with E-state index >= 15 is 0 Å². The average molecular weight is 326 g/mol. The minimum absolute atomic E-state index is 0.0434. The highest BCUT2D eigenvalue weighted by molar-refractivity contribution is 7.99. The van der Waals surface area contributed by atoms with Crippen molar-refractivity contribution in [3.8, 4) is 6.07 Å². The number of anilines is 1. The summed E-state index contributed by atoms with van der Waals surface area (Å²) in [4.78, 5) is 12.9. The number of carbonyl (C=O) groups excluding carboxylic acids is 1. The molecule has 23 heavy (non-hydrogen) atoms. The molecule has 2 aromatic carbocycles. The van der Waals surface area contributed by atoms with Gasteiger partial charge in [0.15, 0.2) is 0 Å². The predicted octanol–water partition coefficient (Wildman–Crippen LogP) is 4.69. The van der Waals surface area contributed by atoms with Gasteiger partial charge in [-0.2, -0.15) is 5.26 Å². The second kappa shape index (κ2) is 8.86. The molecule has 0 aliphatic carbocycles. The van der Waals surface area contributed by atoms with Crippen LogP contribution in [0, 0.1) is 17.2 Å². The van der Waals surface area contributed by atoms with Crippen LogP contribution in [0.2, 0.25) is 0 Å². The average Bonchev–Trinajstić information content (AvgIpc) is 2.60. The third-order valence-electron chi connectivity index (χ3n) is 3.05. The Bertz CT molecular complexity index is 683. The zero-order valence-corrected chi connectivity index (χ0v) is 13.7. The van der Waals surface area contributed by atoms with Crippen molar-refractivity contribution in [2.24, 2.45) is 5.92 Å². The van der Waals surface area contributed by atoms with Gasteiger partial charge in [0.2, 0.25) is 0 Å². The van der Waals surface area contributed by atoms with Crippen molar-refractivity contribution in [2.75, 3.05) is 11.1 Å². The van der Waals surface area contributed by atoms with Crippen molar-refractivity contribution in [3.63, 3.8) is 0 Å². The summed E-state index contributed by atoms with van der Waals surface area (Å²) < 4.78 is 5.22. The van der Waals surface area contributed by atoms with Gasteiger partial charge in [-0.1, -0.05) is 42.5 Å². The topological polar surface area (TPSA) is 62.1 Å². The molecule has 0 saturated carbocycles. The number of nitrogens with zero attached hydrogens (tertiary/aromatic N) is 1. The minimum atomic E-state index is -0.491. The van der Waals surface area contributed by atoms with Gasteiger partial charge < -0.3 is 4.74 Å². The third-order valence-corrected chi connectivity index (χ3v) is 4.38. The molecule has 0 fully saturated rings. The van der Waals surface area contributed by atoms with Crippen LogP contribution in [0.25, 0.3) is 0 Å². The van der Waals surface area contributed by atoms with Crippen molar-refractivity contribution in [2.45, 2.75) is 18.4 Å². The summed E-state index contributed by atoms with van der Waals surface area (Å²) in [7, 11) is 0. The largest absolute Gasteiger partial charge is 0.444 e. The molecule has 118 valence electrons. The van der Waals surface area contributed by atoms with E-state index in [0.717, 1.165) is 10.5 Å². The van der Waals surface area contributed by atoms with Crippen molar-refractivity contribution in [1.82, 2.24) is 0 Å². The molecule has 0 aliphatic rings. The summed E-state index contributed by atoms with van der Waals surface area (Å²) >= 11 is 1.54. The van der Waals surface area contributed by atoms with E-state index in [1.54, 1.807) is 11.8 Å². The van der Waals surface area contributed by atoms with Gasteiger partial charge in [-0.05, 0) is 24.6 Å². The van der Waals surface area contributed by atoms with Crippen molar-refractivity contribution in [3.05, 3.63) is 60.2 Å². The van der Waals surface area contributed by atoms with E-state index < -0.39 is 6.09 Å². The maximum absolute atomic E-state index is 11.9. The fraction of sp³-hybridized carbons (Fsp3) is 0.222. The number of nitrogens with one attached hydrogen (secondary N) is 1. The second-order valence-electron chi connectivity index (χ2n) is 5.02. The molecule has 0 spiro atoms. The van der Waals surface area contributed by atoms with Gasteiger partial charge in [0.1, 0.15) is 6.61 Å². The van der Waals surface area contributed by atoms with Gasteiger partial charge in [-0.15, -0.1) is 11.8 Å². The van der Waals surface area contributed by atoms with Crippen molar-refractivity contribution < 1.29 is 9.53 Å². The fourth-order valence-electron chi connectivity index (χ4n) is 1.82. The fourth-order valence-corrected chi connectivity index (χ4v) is 2.77. The Kier molecular flexibility index (Phi) is 6.52. The summed E-state index contributed by atoms with van der Waals surface area (Å²) in [5, 5.41) is 11.6. The van der Waals surface area contributed by atoms with E-state index in [0.29, 0.717) is 11.4 Å². The molecule has 1 N–H and O–H groups in total. The van der Waals surface area contributed by atoms with E-state index in [-0.39, 0.29) is 12.5 Å². The van der Waals surface area contributed by atoms with E-state index in [1.807, 2.05) is 61.5 Å². The molecule has 0 heterocycles. The van der Waals surface area contributed by atoms with E-state index in [2.05, 4.69) is 11.4 Å². The van der Waals surface area contributed by atoms with Gasteiger partial charge in [0.05, 0.1) is 17.7 Å². The van der Waals surface area contributed by atoms with Crippen LogP contribution < -0.4 is 5.32 Å². The first-order valence-corrected chi connectivity index (χ1v) is 8.26. The van der Waals surface area contributed by atoms with Crippen LogP contribution >= 0.6 is 11.8 Å². The zero-order chi connectivity index (χ0) is 16.5. The van der Waals surface area contributed by atoms with Gasteiger partial charge in [0, 0.05) is 10.6 Å². The molecular weight excluding hydrogens is 308 g/mol. The van der Waals surface area contributed by atoms with Crippen LogP contribution in [0.3, 0.4) is 0 Å². The number of hydrogen-bond acceptors (Lipinski definition) is 4. The zero-order valence-electron chi connectivity index (χ0n) is 12.9. The molecule has 0 radical (unpaired) electrons. The molecule has 4 nitrogen and oxygen atoms in total. The van der Waals surface area contributed by atoms with Crippen molar-refractivity contribution in [1.29, 1.82) is 5.26 Å². The number of thioether (sulfide) groups is 1. The first kappa shape index (κ1) is 16.9. The Morgan fingerprint density at radius 3 is 2.65 bits per heavy atom. The summed E-state index contributed by atoms with van der Waals surface area (Å²) in [6.45, 7) is 2.10. The summed E-state index contributed by atoms with van der Waals surface area (Å²) in [6, 6.07) is 19.2. The molecule has 1 amide bonds. The molecule has 1 unspecified atom stereocenters. The summed E-state index contributed by atoms with van der Waals surface area (Å²) in [5.74, 6) is 0.631. The highest BCUT2D eigenvalue weighted by Gasteiger charge is 2.09. The standard InChI is InChI=1S/C18H18N2O2S/c1-14(11-19)13-23-17-10-6-5-9-16(17)20-18(21)22-12-15-7-3-2-4-8-15/h2-10,14H,12-13H2,1H3,(H,20,21). The summed E-state index contributed by atoms with van der Waals surface area (Å²) in [5.41, 5.74) is 1.63. The first-order valence-electron chi connectivity index (χ1n) is 7.28. The third kappa shape index (κ3) is 5.68. The lowest BCUT2D eigenvalue weighted by molar-refractivity contribution is 0.155. The highest BCUT2D eigenvalue weighted by Crippen LogP contribution is 2.28. The second-order valence-corrected chi connectivity index (χ2v) is 6.09. The van der Waals surface area contributed by atoms with E-state index in [1.165, 1.54) is 0 Å². The quantitative estimate of drug-likeness (QED) is 0.782. The van der Waals surface area contributed by atoms with Crippen LogP contribution in [-0.2, 0) is 11.3 Å². The normalized spacial score (nSPS) is 11.3. The van der Waals surface area contributed by atoms with Gasteiger partial charge in [0.25, 0.3) is 0 Å². The first-order chi connectivity index (χ1) is 11.2. The highest BCUT2D eigenvalue weighted by atomic mass is 32.2. The molecule has 0 saturated heterocycles. The van der Waals surface area contributed by atoms with Crippen LogP contribution in [0.1, 0.15) is 12.5 Å². The number of amides is 1. The van der Waals surface area contributed by atoms with Crippen LogP contribution in [0.15, 0.2) is 59.5 Å². The SMILES string of the molecule is CC(C#N)CSc1ccccc1NC(=O)OCc1ccccc1. The Labute approximate surface area is 140 Å². The maximum atomic E-state index is 11.9. The van der Waals surface area contributed by atoms with Crippen molar-refractivity contribution >= 4 is 23.5 Å². The molecule has 2 rings (SSSR count). The number of hydrogen-bond donors (Lipinski definition) is 1. The van der Waals surface area contributed by atoms with E-state index in [9.17, 15) is 4.79 Å². The molecule has 0 aromatic heterocycles.